The molecule has 1 spiro atoms. The molecule has 3 aliphatic heterocycles. The van der Waals surface area contributed by atoms with Crippen molar-refractivity contribution in [2.75, 3.05) is 58.4 Å². The van der Waals surface area contributed by atoms with Crippen molar-refractivity contribution in [2.24, 2.45) is 11.8 Å². The molecule has 2 amide bonds. The summed E-state index contributed by atoms with van der Waals surface area (Å²) < 4.78 is 42.0. The Kier molecular flexibility index (Phi) is 9.70. The van der Waals surface area contributed by atoms with E-state index in [0.29, 0.717) is 67.4 Å². The number of nitrogens with zero attached hydrogens (tertiary/aromatic N) is 3. The number of amides is 2. The van der Waals surface area contributed by atoms with Gasteiger partial charge in [-0.2, -0.15) is 12.7 Å². The molecule has 5 atom stereocenters. The molecule has 11 nitrogen and oxygen atoms in total. The van der Waals surface area contributed by atoms with Gasteiger partial charge in [0.25, 0.3) is 5.91 Å². The number of rotatable bonds is 4. The highest BCUT2D eigenvalue weighted by atomic mass is 35.5. The SMILES string of the molecule is CO[C@H]1/C=C/CCN(C)C(=O)CC(O)(C(=O)NS(=O)(=O)N2CCC2)c2ccc3c(c2)N(C[C@@H]2CC[C@H]21)C[C@@]1(CCCc2cc(Cl)ccc21)CO3. The summed E-state index contributed by atoms with van der Waals surface area (Å²) >= 11 is 6.45. The summed E-state index contributed by atoms with van der Waals surface area (Å²) in [7, 11) is -0.843. The smallest absolute Gasteiger partial charge is 0.303 e. The van der Waals surface area contributed by atoms with Crippen molar-refractivity contribution in [3.63, 3.8) is 0 Å². The number of ether oxygens (including phenoxy) is 2. The number of halogens is 1. The van der Waals surface area contributed by atoms with Gasteiger partial charge in [0.05, 0.1) is 24.8 Å². The number of methoxy groups -OCH3 is 1. The fourth-order valence-corrected chi connectivity index (χ4v) is 9.85. The Morgan fingerprint density at radius 2 is 1.94 bits per heavy atom. The minimum Gasteiger partial charge on any atom is -0.490 e. The second-order valence-corrected chi connectivity index (χ2v) is 16.9. The largest absolute Gasteiger partial charge is 0.490 e. The molecule has 2 aromatic carbocycles. The summed E-state index contributed by atoms with van der Waals surface area (Å²) in [6.07, 6.45) is 9.54. The zero-order valence-corrected chi connectivity index (χ0v) is 30.3. The third-order valence-corrected chi connectivity index (χ3v) is 13.4. The van der Waals surface area contributed by atoms with E-state index in [1.165, 1.54) is 16.0 Å². The van der Waals surface area contributed by atoms with Gasteiger partial charge >= 0.3 is 10.2 Å². The predicted molar refractivity (Wildman–Crippen MR) is 190 cm³/mol. The summed E-state index contributed by atoms with van der Waals surface area (Å²) in [6, 6.07) is 11.2. The van der Waals surface area contributed by atoms with Gasteiger partial charge < -0.3 is 24.4 Å². The first-order chi connectivity index (χ1) is 23.9. The van der Waals surface area contributed by atoms with E-state index in [9.17, 15) is 23.1 Å². The van der Waals surface area contributed by atoms with Crippen LogP contribution < -0.4 is 14.4 Å². The maximum Gasteiger partial charge on any atom is 0.303 e. The monoisotopic (exact) mass is 726 g/mol. The summed E-state index contributed by atoms with van der Waals surface area (Å²) in [5.74, 6) is -0.449. The van der Waals surface area contributed by atoms with Gasteiger partial charge in [0.1, 0.15) is 5.75 Å². The average Bonchev–Trinajstić information content (AvgIpc) is 3.19. The van der Waals surface area contributed by atoms with Gasteiger partial charge in [0, 0.05) is 57.3 Å². The van der Waals surface area contributed by atoms with E-state index in [1.807, 2.05) is 12.1 Å². The van der Waals surface area contributed by atoms with Crippen molar-refractivity contribution in [1.82, 2.24) is 13.9 Å². The molecule has 0 aromatic heterocycles. The highest BCUT2D eigenvalue weighted by Gasteiger charge is 2.47. The third kappa shape index (κ3) is 6.53. The lowest BCUT2D eigenvalue weighted by atomic mass is 9.68. The van der Waals surface area contributed by atoms with E-state index in [-0.39, 0.29) is 30.2 Å². The summed E-state index contributed by atoms with van der Waals surface area (Å²) in [5, 5.41) is 13.0. The quantitative estimate of drug-likeness (QED) is 0.454. The molecule has 5 aliphatic rings. The van der Waals surface area contributed by atoms with Crippen LogP contribution in [0.4, 0.5) is 5.69 Å². The molecule has 50 heavy (non-hydrogen) atoms. The van der Waals surface area contributed by atoms with Crippen molar-refractivity contribution in [2.45, 2.75) is 68.5 Å². The maximum absolute atomic E-state index is 14.0. The third-order valence-electron chi connectivity index (χ3n) is 11.7. The number of carbonyl (C=O) groups excluding carboxylic acids is 2. The molecule has 2 aromatic rings. The molecule has 2 N–H and O–H groups in total. The molecule has 2 fully saturated rings. The number of benzene rings is 2. The van der Waals surface area contributed by atoms with Crippen LogP contribution in [0.5, 0.6) is 5.75 Å². The summed E-state index contributed by atoms with van der Waals surface area (Å²) in [6.45, 7) is 2.67. The van der Waals surface area contributed by atoms with Gasteiger partial charge in [-0.25, -0.2) is 4.72 Å². The Morgan fingerprint density at radius 3 is 2.66 bits per heavy atom. The molecular weight excluding hydrogens is 680 g/mol. The normalized spacial score (nSPS) is 31.0. The Hall–Kier alpha value is -3.16. The highest BCUT2D eigenvalue weighted by molar-refractivity contribution is 7.87. The average molecular weight is 727 g/mol. The zero-order valence-electron chi connectivity index (χ0n) is 28.8. The highest BCUT2D eigenvalue weighted by Crippen LogP contribution is 2.48. The van der Waals surface area contributed by atoms with Crippen LogP contribution in [-0.2, 0) is 42.0 Å². The lowest BCUT2D eigenvalue weighted by molar-refractivity contribution is -0.148. The Bertz CT molecular complexity index is 1780. The van der Waals surface area contributed by atoms with Crippen LogP contribution in [0.1, 0.15) is 61.6 Å². The molecule has 1 unspecified atom stereocenters. The number of aryl methyl sites for hydroxylation is 1. The molecule has 13 heteroatoms. The molecule has 2 bridgehead atoms. The summed E-state index contributed by atoms with van der Waals surface area (Å²) in [4.78, 5) is 31.4. The number of anilines is 1. The lowest BCUT2D eigenvalue weighted by Gasteiger charge is -2.46. The van der Waals surface area contributed by atoms with Crippen molar-refractivity contribution in [1.29, 1.82) is 0 Å². The molecular formula is C37H47ClN4O7S. The van der Waals surface area contributed by atoms with Crippen LogP contribution >= 0.6 is 11.6 Å². The minimum atomic E-state index is -4.20. The maximum atomic E-state index is 14.0. The van der Waals surface area contributed by atoms with Crippen molar-refractivity contribution in [3.8, 4) is 5.75 Å². The van der Waals surface area contributed by atoms with E-state index < -0.39 is 34.0 Å². The number of nitrogens with one attached hydrogen (secondary N) is 1. The Balaban J connectivity index is 1.33. The first kappa shape index (κ1) is 35.3. The van der Waals surface area contributed by atoms with Crippen molar-refractivity contribution in [3.05, 3.63) is 70.3 Å². The number of hydrogen-bond donors (Lipinski definition) is 2. The first-order valence-corrected chi connectivity index (χ1v) is 19.5. The molecule has 3 heterocycles. The standard InChI is InChI=1S/C37H47ClN4O7S/c1-40-16-4-3-8-32(48-2)29-12-9-26(29)22-41-23-36(15-5-7-25-19-28(38)11-13-30(25)36)24-49-33-14-10-27(20-31(33)41)37(45,21-34(40)43)35(44)39-50(46,47)42-17-6-18-42/h3,8,10-11,13-14,19-20,26,29,32,45H,4-7,9,12,15-18,21-24H2,1-2H3,(H,39,44)/b8-3+/t26-,29+,32-,36-,37?/m0/s1. The van der Waals surface area contributed by atoms with E-state index in [2.05, 4.69) is 27.8 Å². The van der Waals surface area contributed by atoms with E-state index in [0.717, 1.165) is 36.4 Å². The van der Waals surface area contributed by atoms with Gasteiger partial charge in [0.15, 0.2) is 5.60 Å². The van der Waals surface area contributed by atoms with Crippen LogP contribution in [0.3, 0.4) is 0 Å². The van der Waals surface area contributed by atoms with Crippen LogP contribution in [-0.4, -0.2) is 94.1 Å². The van der Waals surface area contributed by atoms with Gasteiger partial charge in [-0.15, -0.1) is 0 Å². The number of aliphatic hydroxyl groups is 1. The lowest BCUT2D eigenvalue weighted by Crippen LogP contribution is -2.55. The molecule has 2 aliphatic carbocycles. The van der Waals surface area contributed by atoms with E-state index >= 15 is 0 Å². The fraction of sp³-hybridized carbons (Fsp3) is 0.568. The molecule has 7 rings (SSSR count). The number of fused-ring (bicyclic) bond motifs is 4. The zero-order chi connectivity index (χ0) is 35.3. The Labute approximate surface area is 299 Å². The molecule has 1 saturated heterocycles. The van der Waals surface area contributed by atoms with Crippen LogP contribution in [0.25, 0.3) is 0 Å². The second-order valence-electron chi connectivity index (χ2n) is 14.7. The number of hydrogen-bond acceptors (Lipinski definition) is 8. The second kappa shape index (κ2) is 13.8. The van der Waals surface area contributed by atoms with Gasteiger partial charge in [-0.05, 0) is 97.7 Å². The van der Waals surface area contributed by atoms with Crippen molar-refractivity contribution >= 4 is 39.3 Å². The van der Waals surface area contributed by atoms with Crippen LogP contribution in [0.15, 0.2) is 48.6 Å². The fourth-order valence-electron chi connectivity index (χ4n) is 8.39. The Morgan fingerprint density at radius 1 is 1.12 bits per heavy atom. The van der Waals surface area contributed by atoms with Gasteiger partial charge in [-0.3, -0.25) is 9.59 Å². The van der Waals surface area contributed by atoms with Gasteiger partial charge in [-0.1, -0.05) is 35.9 Å². The molecule has 1 saturated carbocycles. The topological polar surface area (TPSA) is 129 Å². The molecule has 270 valence electrons. The predicted octanol–water partition coefficient (Wildman–Crippen LogP) is 3.92. The van der Waals surface area contributed by atoms with Gasteiger partial charge in [0.2, 0.25) is 5.91 Å². The molecule has 0 radical (unpaired) electrons. The van der Waals surface area contributed by atoms with E-state index in [4.69, 9.17) is 21.1 Å². The van der Waals surface area contributed by atoms with E-state index in [1.54, 1.807) is 32.4 Å². The number of carbonyl (C=O) groups is 2. The van der Waals surface area contributed by atoms with Crippen LogP contribution in [0.2, 0.25) is 5.02 Å². The van der Waals surface area contributed by atoms with Crippen molar-refractivity contribution < 1.29 is 32.6 Å². The van der Waals surface area contributed by atoms with Crippen LogP contribution in [0, 0.1) is 11.8 Å². The minimum absolute atomic E-state index is 0.0645. The summed E-state index contributed by atoms with van der Waals surface area (Å²) in [5.41, 5.74) is 0.445. The first-order valence-electron chi connectivity index (χ1n) is 17.7.